The van der Waals surface area contributed by atoms with Gasteiger partial charge >= 0.3 is 0 Å². The Morgan fingerprint density at radius 2 is 1.96 bits per heavy atom. The van der Waals surface area contributed by atoms with Gasteiger partial charge in [0, 0.05) is 23.2 Å². The largest absolute Gasteiger partial charge is 0.507 e. The summed E-state index contributed by atoms with van der Waals surface area (Å²) in [5.74, 6) is 0.626. The first-order valence-corrected chi connectivity index (χ1v) is 8.66. The Kier molecular flexibility index (Phi) is 5.31. The molecule has 0 aliphatic heterocycles. The Hall–Kier alpha value is -2.44. The van der Waals surface area contributed by atoms with E-state index in [1.165, 1.54) is 0 Å². The van der Waals surface area contributed by atoms with Crippen LogP contribution in [0.2, 0.25) is 0 Å². The number of hydrogen-bond donors (Lipinski definition) is 2. The number of rotatable bonds is 5. The Balaban J connectivity index is 2.11. The summed E-state index contributed by atoms with van der Waals surface area (Å²) >= 11 is 3.37. The van der Waals surface area contributed by atoms with Gasteiger partial charge in [0.1, 0.15) is 11.6 Å². The minimum Gasteiger partial charge on any atom is -0.507 e. The summed E-state index contributed by atoms with van der Waals surface area (Å²) in [4.78, 5) is 17.3. The van der Waals surface area contributed by atoms with E-state index in [4.69, 9.17) is 5.11 Å². The molecule has 2 N–H and O–H groups in total. The van der Waals surface area contributed by atoms with Crippen LogP contribution in [0, 0.1) is 0 Å². The highest BCUT2D eigenvalue weighted by atomic mass is 79.9. The molecule has 0 fully saturated rings. The van der Waals surface area contributed by atoms with Gasteiger partial charge in [-0.15, -0.1) is 0 Å². The van der Waals surface area contributed by atoms with Crippen molar-refractivity contribution in [2.75, 3.05) is 6.61 Å². The van der Waals surface area contributed by atoms with Crippen molar-refractivity contribution in [3.63, 3.8) is 0 Å². The minimum absolute atomic E-state index is 0.00512. The number of phenolic OH excluding ortho intramolecular Hbond substituents is 1. The number of para-hydroxylation sites is 1. The molecule has 3 aromatic rings. The monoisotopic (exact) mass is 400 g/mol. The molecule has 0 saturated carbocycles. The van der Waals surface area contributed by atoms with Crippen molar-refractivity contribution in [3.05, 3.63) is 68.7 Å². The zero-order valence-corrected chi connectivity index (χ0v) is 15.0. The minimum atomic E-state index is -0.142. The van der Waals surface area contributed by atoms with Gasteiger partial charge in [-0.1, -0.05) is 28.1 Å². The lowest BCUT2D eigenvalue weighted by Crippen LogP contribution is -2.24. The van der Waals surface area contributed by atoms with Crippen molar-refractivity contribution in [2.24, 2.45) is 0 Å². The summed E-state index contributed by atoms with van der Waals surface area (Å²) < 4.78 is 2.39. The van der Waals surface area contributed by atoms with Gasteiger partial charge in [0.25, 0.3) is 5.56 Å². The second kappa shape index (κ2) is 7.63. The summed E-state index contributed by atoms with van der Waals surface area (Å²) in [7, 11) is 0. The Morgan fingerprint density at radius 3 is 2.76 bits per heavy atom. The van der Waals surface area contributed by atoms with E-state index in [1.807, 2.05) is 6.07 Å². The first kappa shape index (κ1) is 17.4. The van der Waals surface area contributed by atoms with Crippen molar-refractivity contribution in [2.45, 2.75) is 13.0 Å². The van der Waals surface area contributed by atoms with E-state index >= 15 is 0 Å². The molecule has 0 saturated heterocycles. The van der Waals surface area contributed by atoms with Crippen LogP contribution in [0.1, 0.15) is 17.8 Å². The lowest BCUT2D eigenvalue weighted by Gasteiger charge is -2.10. The number of benzene rings is 2. The summed E-state index contributed by atoms with van der Waals surface area (Å²) in [6, 6.07) is 12.3. The Labute approximate surface area is 153 Å². The number of aromatic hydroxyl groups is 1. The molecule has 5 nitrogen and oxygen atoms in total. The maximum Gasteiger partial charge on any atom is 0.261 e. The number of aromatic nitrogens is 2. The number of phenols is 1. The molecule has 0 bridgehead atoms. The van der Waals surface area contributed by atoms with Crippen LogP contribution in [0.3, 0.4) is 0 Å². The molecule has 0 atom stereocenters. The molecule has 0 aliphatic carbocycles. The molecule has 0 amide bonds. The first-order chi connectivity index (χ1) is 12.1. The maximum atomic E-state index is 12.7. The van der Waals surface area contributed by atoms with Gasteiger partial charge in [0.05, 0.1) is 10.9 Å². The summed E-state index contributed by atoms with van der Waals surface area (Å²) in [6.07, 6.45) is 3.88. The van der Waals surface area contributed by atoms with Crippen LogP contribution in [-0.4, -0.2) is 26.4 Å². The zero-order chi connectivity index (χ0) is 17.8. The van der Waals surface area contributed by atoms with E-state index in [1.54, 1.807) is 53.1 Å². The number of hydrogen-bond acceptors (Lipinski definition) is 4. The van der Waals surface area contributed by atoms with Gasteiger partial charge in [-0.3, -0.25) is 9.36 Å². The molecule has 0 radical (unpaired) electrons. The Bertz CT molecular complexity index is 996. The third kappa shape index (κ3) is 3.81. The second-order valence-electron chi connectivity index (χ2n) is 5.56. The third-order valence-corrected chi connectivity index (χ3v) is 4.33. The zero-order valence-electron chi connectivity index (χ0n) is 13.4. The van der Waals surface area contributed by atoms with Gasteiger partial charge in [-0.25, -0.2) is 4.98 Å². The molecule has 0 spiro atoms. The summed E-state index contributed by atoms with van der Waals surface area (Å²) in [5, 5.41) is 19.6. The van der Waals surface area contributed by atoms with Crippen LogP contribution in [0.25, 0.3) is 23.1 Å². The molecule has 0 aliphatic rings. The van der Waals surface area contributed by atoms with Crippen molar-refractivity contribution in [1.29, 1.82) is 0 Å². The molecular formula is C19H17BrN2O3. The lowest BCUT2D eigenvalue weighted by atomic mass is 10.2. The maximum absolute atomic E-state index is 12.7. The van der Waals surface area contributed by atoms with E-state index in [9.17, 15) is 9.90 Å². The van der Waals surface area contributed by atoms with E-state index < -0.39 is 0 Å². The van der Waals surface area contributed by atoms with Crippen molar-refractivity contribution >= 4 is 39.0 Å². The highest BCUT2D eigenvalue weighted by Gasteiger charge is 2.09. The second-order valence-corrected chi connectivity index (χ2v) is 6.47. The van der Waals surface area contributed by atoms with E-state index in [0.717, 1.165) is 4.47 Å². The predicted molar refractivity (Wildman–Crippen MR) is 102 cm³/mol. The highest BCUT2D eigenvalue weighted by Crippen LogP contribution is 2.23. The first-order valence-electron chi connectivity index (χ1n) is 7.87. The van der Waals surface area contributed by atoms with Crippen molar-refractivity contribution in [3.8, 4) is 5.75 Å². The lowest BCUT2D eigenvalue weighted by molar-refractivity contribution is 0.278. The van der Waals surface area contributed by atoms with Gasteiger partial charge in [0.15, 0.2) is 0 Å². The Morgan fingerprint density at radius 1 is 1.16 bits per heavy atom. The molecule has 1 aromatic heterocycles. The number of fused-ring (bicyclic) bond motifs is 1. The average Bonchev–Trinajstić information content (AvgIpc) is 2.62. The number of halogens is 1. The molecule has 25 heavy (non-hydrogen) atoms. The molecule has 0 unspecified atom stereocenters. The number of aliphatic hydroxyl groups is 1. The van der Waals surface area contributed by atoms with Gasteiger partial charge < -0.3 is 10.2 Å². The predicted octanol–water partition coefficient (Wildman–Crippen LogP) is 3.42. The van der Waals surface area contributed by atoms with Crippen molar-refractivity contribution < 1.29 is 10.2 Å². The normalized spacial score (nSPS) is 11.4. The molecular weight excluding hydrogens is 384 g/mol. The fourth-order valence-corrected chi connectivity index (χ4v) is 2.96. The van der Waals surface area contributed by atoms with Crippen LogP contribution < -0.4 is 5.56 Å². The topological polar surface area (TPSA) is 75.3 Å². The summed E-state index contributed by atoms with van der Waals surface area (Å²) in [5.41, 5.74) is 1.09. The smallest absolute Gasteiger partial charge is 0.261 e. The van der Waals surface area contributed by atoms with E-state index in [2.05, 4.69) is 20.9 Å². The fourth-order valence-electron chi connectivity index (χ4n) is 2.58. The SMILES string of the molecule is O=c1c2ccccc2nc(/C=C\c2cc(Br)ccc2O)n1CCCO. The van der Waals surface area contributed by atoms with E-state index in [0.29, 0.717) is 35.3 Å². The van der Waals surface area contributed by atoms with Crippen LogP contribution in [-0.2, 0) is 6.54 Å². The van der Waals surface area contributed by atoms with Gasteiger partial charge in [-0.05, 0) is 48.9 Å². The standard InChI is InChI=1S/C19H17BrN2O3/c20-14-7-8-17(24)13(12-14)6-9-18-21-16-5-2-1-4-15(16)19(25)22(18)10-3-11-23/h1-2,4-9,12,23-24H,3,10-11H2/b9-6-. The quantitative estimate of drug-likeness (QED) is 0.687. The molecule has 128 valence electrons. The molecule has 3 rings (SSSR count). The summed E-state index contributed by atoms with van der Waals surface area (Å²) in [6.45, 7) is 0.367. The average molecular weight is 401 g/mol. The van der Waals surface area contributed by atoms with E-state index in [-0.39, 0.29) is 17.9 Å². The fraction of sp³-hybridized carbons (Fsp3) is 0.158. The third-order valence-electron chi connectivity index (χ3n) is 3.83. The molecule has 1 heterocycles. The van der Waals surface area contributed by atoms with Crippen LogP contribution in [0.5, 0.6) is 5.75 Å². The van der Waals surface area contributed by atoms with Gasteiger partial charge in [0.2, 0.25) is 0 Å². The van der Waals surface area contributed by atoms with Crippen molar-refractivity contribution in [1.82, 2.24) is 9.55 Å². The van der Waals surface area contributed by atoms with Crippen LogP contribution in [0.15, 0.2) is 51.7 Å². The van der Waals surface area contributed by atoms with Crippen LogP contribution in [0.4, 0.5) is 0 Å². The number of aliphatic hydroxyl groups excluding tert-OH is 1. The highest BCUT2D eigenvalue weighted by molar-refractivity contribution is 9.10. The van der Waals surface area contributed by atoms with Gasteiger partial charge in [-0.2, -0.15) is 0 Å². The molecule has 6 heteroatoms. The molecule has 2 aromatic carbocycles. The van der Waals surface area contributed by atoms with Crippen LogP contribution >= 0.6 is 15.9 Å². The number of nitrogens with zero attached hydrogens (tertiary/aromatic N) is 2.